The molecule has 136 valence electrons. The molecular formula is C19H22N4O2S. The monoisotopic (exact) mass is 370 g/mol. The molecule has 1 saturated heterocycles. The Balaban J connectivity index is 0.000000613. The maximum absolute atomic E-state index is 8.36. The number of thiophene rings is 1. The van der Waals surface area contributed by atoms with Crippen LogP contribution in [0.5, 0.6) is 0 Å². The SMILES string of the molecule is O=CO.c1ccc(CC2CCN(Cc3ccc(-c4ccn[nH]4)s3)C2)nc1. The van der Waals surface area contributed by atoms with Crippen molar-refractivity contribution in [2.45, 2.75) is 19.4 Å². The molecule has 7 heteroatoms. The van der Waals surface area contributed by atoms with Gasteiger partial charge >= 0.3 is 0 Å². The van der Waals surface area contributed by atoms with Crippen LogP contribution in [-0.2, 0) is 17.8 Å². The zero-order valence-electron chi connectivity index (χ0n) is 14.4. The molecule has 1 aliphatic heterocycles. The van der Waals surface area contributed by atoms with E-state index >= 15 is 0 Å². The predicted octanol–water partition coefficient (Wildman–Crippen LogP) is 3.30. The highest BCUT2D eigenvalue weighted by atomic mass is 32.1. The fourth-order valence-electron chi connectivity index (χ4n) is 3.26. The van der Waals surface area contributed by atoms with Crippen LogP contribution >= 0.6 is 11.3 Å². The van der Waals surface area contributed by atoms with E-state index in [1.807, 2.05) is 29.7 Å². The summed E-state index contributed by atoms with van der Waals surface area (Å²) < 4.78 is 0. The van der Waals surface area contributed by atoms with Crippen molar-refractivity contribution in [2.75, 3.05) is 13.1 Å². The molecule has 0 saturated carbocycles. The van der Waals surface area contributed by atoms with Crippen molar-refractivity contribution in [3.05, 3.63) is 59.4 Å². The topological polar surface area (TPSA) is 82.1 Å². The number of hydrogen-bond donors (Lipinski definition) is 2. The Hall–Kier alpha value is -2.51. The normalized spacial score (nSPS) is 16.8. The number of likely N-dealkylation sites (tertiary alicyclic amines) is 1. The van der Waals surface area contributed by atoms with Crippen LogP contribution in [0.25, 0.3) is 10.6 Å². The minimum Gasteiger partial charge on any atom is -0.483 e. The molecule has 0 bridgehead atoms. The summed E-state index contributed by atoms with van der Waals surface area (Å²) in [5, 5.41) is 13.9. The van der Waals surface area contributed by atoms with Gasteiger partial charge in [-0.05, 0) is 55.6 Å². The third-order valence-corrected chi connectivity index (χ3v) is 5.50. The van der Waals surface area contributed by atoms with Gasteiger partial charge in [0.2, 0.25) is 0 Å². The number of aromatic nitrogens is 3. The average molecular weight is 370 g/mol. The van der Waals surface area contributed by atoms with E-state index < -0.39 is 0 Å². The molecule has 0 radical (unpaired) electrons. The zero-order valence-corrected chi connectivity index (χ0v) is 15.2. The molecule has 1 unspecified atom stereocenters. The van der Waals surface area contributed by atoms with Crippen molar-refractivity contribution < 1.29 is 9.90 Å². The molecule has 4 rings (SSSR count). The number of carboxylic acid groups (broad SMARTS) is 1. The van der Waals surface area contributed by atoms with Crippen molar-refractivity contribution >= 4 is 17.8 Å². The summed E-state index contributed by atoms with van der Waals surface area (Å²) in [5.41, 5.74) is 2.33. The molecule has 0 aromatic carbocycles. The van der Waals surface area contributed by atoms with Crippen molar-refractivity contribution in [1.29, 1.82) is 0 Å². The molecule has 1 fully saturated rings. The average Bonchev–Trinajstić information content (AvgIpc) is 3.39. The summed E-state index contributed by atoms with van der Waals surface area (Å²) >= 11 is 1.86. The maximum atomic E-state index is 8.36. The number of hydrogen-bond acceptors (Lipinski definition) is 5. The molecule has 6 nitrogen and oxygen atoms in total. The quantitative estimate of drug-likeness (QED) is 0.674. The first-order chi connectivity index (χ1) is 12.8. The van der Waals surface area contributed by atoms with Crippen LogP contribution in [0.15, 0.2) is 48.8 Å². The number of nitrogens with zero attached hydrogens (tertiary/aromatic N) is 3. The molecule has 26 heavy (non-hydrogen) atoms. The van der Waals surface area contributed by atoms with E-state index in [2.05, 4.69) is 44.3 Å². The molecule has 0 amide bonds. The second-order valence-corrected chi connectivity index (χ2v) is 7.43. The Kier molecular flexibility index (Phi) is 6.51. The summed E-state index contributed by atoms with van der Waals surface area (Å²) in [6, 6.07) is 12.7. The summed E-state index contributed by atoms with van der Waals surface area (Å²) in [5.74, 6) is 0.733. The Morgan fingerprint density at radius 1 is 1.27 bits per heavy atom. The summed E-state index contributed by atoms with van der Waals surface area (Å²) in [6.07, 6.45) is 6.07. The van der Waals surface area contributed by atoms with Crippen molar-refractivity contribution in [3.8, 4) is 10.6 Å². The molecule has 0 spiro atoms. The standard InChI is InChI=1S/C18H20N4S.CH2O2/c1-2-8-19-15(3-1)11-14-7-10-22(12-14)13-16-4-5-18(23-16)17-6-9-20-21-17;2-1-3/h1-6,8-9,14H,7,10-13H2,(H,20,21);1H,(H,2,3). The Labute approximate surface area is 156 Å². The molecule has 2 N–H and O–H groups in total. The predicted molar refractivity (Wildman–Crippen MR) is 102 cm³/mol. The van der Waals surface area contributed by atoms with Gasteiger partial charge in [-0.15, -0.1) is 11.3 Å². The van der Waals surface area contributed by atoms with Gasteiger partial charge in [0.05, 0.1) is 10.6 Å². The molecule has 1 atom stereocenters. The minimum absolute atomic E-state index is 0.250. The van der Waals surface area contributed by atoms with E-state index in [-0.39, 0.29) is 6.47 Å². The molecule has 0 aliphatic carbocycles. The van der Waals surface area contributed by atoms with Crippen LogP contribution in [0.2, 0.25) is 0 Å². The van der Waals surface area contributed by atoms with Gasteiger partial charge in [-0.25, -0.2) is 0 Å². The van der Waals surface area contributed by atoms with Crippen LogP contribution in [-0.4, -0.2) is 44.7 Å². The summed E-state index contributed by atoms with van der Waals surface area (Å²) in [4.78, 5) is 18.1. The first kappa shape index (κ1) is 18.3. The highest BCUT2D eigenvalue weighted by Crippen LogP contribution is 2.29. The minimum atomic E-state index is -0.250. The molecule has 4 heterocycles. The second-order valence-electron chi connectivity index (χ2n) is 6.26. The van der Waals surface area contributed by atoms with Gasteiger partial charge in [-0.1, -0.05) is 6.07 Å². The van der Waals surface area contributed by atoms with Gasteiger partial charge in [-0.3, -0.25) is 19.8 Å². The lowest BCUT2D eigenvalue weighted by Crippen LogP contribution is -2.20. The first-order valence-corrected chi connectivity index (χ1v) is 9.38. The number of carbonyl (C=O) groups is 1. The lowest BCUT2D eigenvalue weighted by molar-refractivity contribution is -0.122. The van der Waals surface area contributed by atoms with Crippen molar-refractivity contribution in [1.82, 2.24) is 20.1 Å². The van der Waals surface area contributed by atoms with Crippen LogP contribution in [0.3, 0.4) is 0 Å². The largest absolute Gasteiger partial charge is 0.483 e. The van der Waals surface area contributed by atoms with Gasteiger partial charge in [-0.2, -0.15) is 5.10 Å². The van der Waals surface area contributed by atoms with Crippen LogP contribution in [0.4, 0.5) is 0 Å². The smallest absolute Gasteiger partial charge is 0.290 e. The Bertz CT molecular complexity index is 789. The lowest BCUT2D eigenvalue weighted by atomic mass is 10.0. The number of H-pyrrole nitrogens is 1. The molecule has 1 aliphatic rings. The van der Waals surface area contributed by atoms with E-state index in [1.54, 1.807) is 6.20 Å². The second kappa shape index (κ2) is 9.26. The van der Waals surface area contributed by atoms with E-state index in [0.29, 0.717) is 0 Å². The maximum Gasteiger partial charge on any atom is 0.290 e. The number of pyridine rings is 1. The fourth-order valence-corrected chi connectivity index (χ4v) is 4.28. The van der Waals surface area contributed by atoms with Crippen LogP contribution in [0.1, 0.15) is 17.0 Å². The van der Waals surface area contributed by atoms with E-state index in [4.69, 9.17) is 9.90 Å². The Morgan fingerprint density at radius 2 is 2.15 bits per heavy atom. The van der Waals surface area contributed by atoms with E-state index in [9.17, 15) is 0 Å². The van der Waals surface area contributed by atoms with E-state index in [0.717, 1.165) is 24.6 Å². The lowest BCUT2D eigenvalue weighted by Gasteiger charge is -2.14. The van der Waals surface area contributed by atoms with Gasteiger partial charge in [0.15, 0.2) is 0 Å². The first-order valence-electron chi connectivity index (χ1n) is 8.57. The summed E-state index contributed by atoms with van der Waals surface area (Å²) in [7, 11) is 0. The number of nitrogens with one attached hydrogen (secondary N) is 1. The number of rotatable bonds is 5. The number of aromatic amines is 1. The van der Waals surface area contributed by atoms with E-state index in [1.165, 1.54) is 35.0 Å². The molecular weight excluding hydrogens is 348 g/mol. The van der Waals surface area contributed by atoms with Gasteiger partial charge in [0.25, 0.3) is 6.47 Å². The van der Waals surface area contributed by atoms with Gasteiger partial charge < -0.3 is 5.11 Å². The van der Waals surface area contributed by atoms with Crippen molar-refractivity contribution in [2.24, 2.45) is 5.92 Å². The van der Waals surface area contributed by atoms with Crippen LogP contribution < -0.4 is 0 Å². The third kappa shape index (κ3) is 5.00. The van der Waals surface area contributed by atoms with Crippen LogP contribution in [0, 0.1) is 5.92 Å². The zero-order chi connectivity index (χ0) is 18.2. The molecule has 3 aromatic rings. The Morgan fingerprint density at radius 3 is 2.88 bits per heavy atom. The molecule has 3 aromatic heterocycles. The summed E-state index contributed by atoms with van der Waals surface area (Å²) in [6.45, 7) is 3.17. The van der Waals surface area contributed by atoms with Gasteiger partial charge in [0.1, 0.15) is 0 Å². The van der Waals surface area contributed by atoms with Gasteiger partial charge in [0, 0.05) is 36.1 Å². The highest BCUT2D eigenvalue weighted by molar-refractivity contribution is 7.15. The highest BCUT2D eigenvalue weighted by Gasteiger charge is 2.23. The third-order valence-electron chi connectivity index (χ3n) is 4.40. The van der Waals surface area contributed by atoms with Crippen molar-refractivity contribution in [3.63, 3.8) is 0 Å². The fraction of sp³-hybridized carbons (Fsp3) is 0.316.